The van der Waals surface area contributed by atoms with Crippen molar-refractivity contribution in [3.63, 3.8) is 0 Å². The fraction of sp³-hybridized carbons (Fsp3) is 0.391. The first kappa shape index (κ1) is 18.3. The molecular weight excluding hydrogens is 365 g/mol. The predicted octanol–water partition coefficient (Wildman–Crippen LogP) is 4.29. The van der Waals surface area contributed by atoms with E-state index in [1.54, 1.807) is 12.1 Å². The van der Waals surface area contributed by atoms with Crippen molar-refractivity contribution in [2.45, 2.75) is 32.1 Å². The molecule has 3 heterocycles. The molecule has 1 fully saturated rings. The number of nitrogens with two attached hydrogens (primary N) is 1. The van der Waals surface area contributed by atoms with Gasteiger partial charge in [0.15, 0.2) is 5.82 Å². The Morgan fingerprint density at radius 2 is 1.97 bits per heavy atom. The summed E-state index contributed by atoms with van der Waals surface area (Å²) < 4.78 is 15.7. The van der Waals surface area contributed by atoms with E-state index in [0.29, 0.717) is 22.6 Å². The fourth-order valence-electron chi connectivity index (χ4n) is 4.87. The molecule has 29 heavy (non-hydrogen) atoms. The van der Waals surface area contributed by atoms with Crippen LogP contribution in [0.25, 0.3) is 28.0 Å². The summed E-state index contributed by atoms with van der Waals surface area (Å²) in [5.74, 6) is 0.576. The number of fused-ring (bicyclic) bond motifs is 1. The van der Waals surface area contributed by atoms with Crippen LogP contribution in [-0.4, -0.2) is 27.6 Å². The van der Waals surface area contributed by atoms with Crippen LogP contribution in [0.2, 0.25) is 0 Å². The van der Waals surface area contributed by atoms with Gasteiger partial charge in [0.2, 0.25) is 0 Å². The van der Waals surface area contributed by atoms with Crippen molar-refractivity contribution < 1.29 is 4.39 Å². The maximum Gasteiger partial charge on any atom is 0.164 e. The molecule has 3 N–H and O–H groups in total. The molecule has 5 nitrogen and oxygen atoms in total. The van der Waals surface area contributed by atoms with Crippen LogP contribution in [0.4, 0.5) is 10.2 Å². The lowest BCUT2D eigenvalue weighted by Crippen LogP contribution is -2.37. The Morgan fingerprint density at radius 1 is 1.14 bits per heavy atom. The molecule has 0 bridgehead atoms. The second-order valence-corrected chi connectivity index (χ2v) is 8.45. The second-order valence-electron chi connectivity index (χ2n) is 8.45. The third-order valence-electron chi connectivity index (χ3n) is 6.70. The molecule has 0 radical (unpaired) electrons. The summed E-state index contributed by atoms with van der Waals surface area (Å²) in [6.45, 7) is 2.26. The number of rotatable bonds is 2. The largest absolute Gasteiger partial charge is 0.383 e. The molecule has 6 heteroatoms. The topological polar surface area (TPSA) is 68.8 Å². The van der Waals surface area contributed by atoms with E-state index in [9.17, 15) is 4.39 Å². The highest BCUT2D eigenvalue weighted by atomic mass is 19.1. The zero-order chi connectivity index (χ0) is 20.0. The highest BCUT2D eigenvalue weighted by Gasteiger charge is 2.34. The van der Waals surface area contributed by atoms with Crippen LogP contribution in [0, 0.1) is 11.2 Å². The highest BCUT2D eigenvalue weighted by Crippen LogP contribution is 2.45. The van der Waals surface area contributed by atoms with Crippen LogP contribution in [0.5, 0.6) is 0 Å². The van der Waals surface area contributed by atoms with Crippen molar-refractivity contribution >= 4 is 22.4 Å². The summed E-state index contributed by atoms with van der Waals surface area (Å²) in [7, 11) is 2.02. The molecule has 3 aromatic rings. The van der Waals surface area contributed by atoms with Gasteiger partial charge in [-0.05, 0) is 74.4 Å². The van der Waals surface area contributed by atoms with Gasteiger partial charge in [0, 0.05) is 18.3 Å². The lowest BCUT2D eigenvalue weighted by molar-refractivity contribution is 0.184. The third-order valence-corrected chi connectivity index (χ3v) is 6.70. The maximum atomic E-state index is 13.6. The zero-order valence-electron chi connectivity index (χ0n) is 16.7. The smallest absolute Gasteiger partial charge is 0.164 e. The molecule has 0 saturated carbocycles. The van der Waals surface area contributed by atoms with E-state index in [2.05, 4.69) is 27.0 Å². The van der Waals surface area contributed by atoms with Gasteiger partial charge in [-0.3, -0.25) is 0 Å². The number of piperidine rings is 1. The van der Waals surface area contributed by atoms with Gasteiger partial charge in [-0.15, -0.1) is 0 Å². The first-order valence-electron chi connectivity index (χ1n) is 10.3. The summed E-state index contributed by atoms with van der Waals surface area (Å²) >= 11 is 0. The zero-order valence-corrected chi connectivity index (χ0v) is 16.7. The van der Waals surface area contributed by atoms with Crippen LogP contribution in [-0.2, 0) is 7.05 Å². The number of anilines is 1. The number of allylic oxidation sites excluding steroid dienone is 2. The molecule has 1 aliphatic heterocycles. The number of aromatic nitrogens is 3. The van der Waals surface area contributed by atoms with Gasteiger partial charge < -0.3 is 15.6 Å². The molecule has 0 amide bonds. The average Bonchev–Trinajstić information content (AvgIpc) is 3.07. The van der Waals surface area contributed by atoms with Crippen molar-refractivity contribution in [2.24, 2.45) is 12.5 Å². The van der Waals surface area contributed by atoms with E-state index in [1.165, 1.54) is 37.0 Å². The van der Waals surface area contributed by atoms with Crippen LogP contribution < -0.4 is 11.1 Å². The molecule has 2 aromatic heterocycles. The monoisotopic (exact) mass is 391 g/mol. The van der Waals surface area contributed by atoms with Crippen molar-refractivity contribution in [3.05, 3.63) is 47.9 Å². The molecule has 0 unspecified atom stereocenters. The number of hydrogen-bond acceptors (Lipinski definition) is 4. The van der Waals surface area contributed by atoms with Crippen molar-refractivity contribution in [3.8, 4) is 11.4 Å². The number of hydrogen-bond donors (Lipinski definition) is 2. The van der Waals surface area contributed by atoms with Crippen molar-refractivity contribution in [2.75, 3.05) is 18.8 Å². The van der Waals surface area contributed by atoms with Gasteiger partial charge in [0.05, 0.1) is 5.39 Å². The normalized spacial score (nSPS) is 18.9. The Balaban J connectivity index is 1.53. The molecule has 1 spiro atoms. The van der Waals surface area contributed by atoms with Crippen molar-refractivity contribution in [1.29, 1.82) is 0 Å². The number of nitrogens with one attached hydrogen (secondary N) is 1. The van der Waals surface area contributed by atoms with Crippen molar-refractivity contribution in [1.82, 2.24) is 19.9 Å². The Hall–Kier alpha value is -2.73. The predicted molar refractivity (Wildman–Crippen MR) is 115 cm³/mol. The maximum absolute atomic E-state index is 13.6. The Labute approximate surface area is 169 Å². The summed E-state index contributed by atoms with van der Waals surface area (Å²) in [5, 5.41) is 4.33. The molecule has 0 atom stereocenters. The molecule has 5 rings (SSSR count). The van der Waals surface area contributed by atoms with Gasteiger partial charge in [0.25, 0.3) is 0 Å². The van der Waals surface area contributed by atoms with E-state index >= 15 is 0 Å². The fourth-order valence-corrected chi connectivity index (χ4v) is 4.87. The number of benzene rings is 1. The van der Waals surface area contributed by atoms with Gasteiger partial charge in [0.1, 0.15) is 17.3 Å². The number of nitrogens with zero attached hydrogens (tertiary/aromatic N) is 3. The van der Waals surface area contributed by atoms with Gasteiger partial charge >= 0.3 is 0 Å². The van der Waals surface area contributed by atoms with Gasteiger partial charge in [-0.1, -0.05) is 18.2 Å². The first-order chi connectivity index (χ1) is 14.0. The molecule has 150 valence electrons. The summed E-state index contributed by atoms with van der Waals surface area (Å²) in [6.07, 6.45) is 8.40. The number of nitrogen functional groups attached to an aromatic ring is 1. The van der Waals surface area contributed by atoms with E-state index in [-0.39, 0.29) is 5.82 Å². The van der Waals surface area contributed by atoms with Crippen LogP contribution in [0.3, 0.4) is 0 Å². The first-order valence-corrected chi connectivity index (χ1v) is 10.3. The van der Waals surface area contributed by atoms with E-state index < -0.39 is 0 Å². The molecular formula is C23H26FN5. The van der Waals surface area contributed by atoms with Gasteiger partial charge in [-0.25, -0.2) is 14.4 Å². The second kappa shape index (κ2) is 6.95. The minimum Gasteiger partial charge on any atom is -0.383 e. The lowest BCUT2D eigenvalue weighted by atomic mass is 9.69. The van der Waals surface area contributed by atoms with Crippen LogP contribution in [0.1, 0.15) is 37.8 Å². The van der Waals surface area contributed by atoms with Gasteiger partial charge in [-0.2, -0.15) is 0 Å². The SMILES string of the molecule is Cn1c(C2=CCC3(CCNCC3)CC2)cc2c(N)nc(-c3cccc(F)c3)nc21. The third kappa shape index (κ3) is 3.21. The summed E-state index contributed by atoms with van der Waals surface area (Å²) in [6, 6.07) is 8.42. The summed E-state index contributed by atoms with van der Waals surface area (Å²) in [5.41, 5.74) is 10.7. The van der Waals surface area contributed by atoms with E-state index in [1.807, 2.05) is 7.05 Å². The minimum absolute atomic E-state index is 0.309. The Bertz CT molecular complexity index is 1110. The van der Waals surface area contributed by atoms with Crippen LogP contribution in [0.15, 0.2) is 36.4 Å². The van der Waals surface area contributed by atoms with Crippen LogP contribution >= 0.6 is 0 Å². The number of aryl methyl sites for hydroxylation is 1. The number of halogens is 1. The van der Waals surface area contributed by atoms with E-state index in [4.69, 9.17) is 10.7 Å². The lowest BCUT2D eigenvalue weighted by Gasteiger charge is -2.40. The molecule has 1 aliphatic carbocycles. The average molecular weight is 391 g/mol. The molecule has 1 saturated heterocycles. The summed E-state index contributed by atoms with van der Waals surface area (Å²) in [4.78, 5) is 9.16. The Morgan fingerprint density at radius 3 is 2.69 bits per heavy atom. The standard InChI is InChI=1S/C23H26FN5/c1-29-19(15-5-7-23(8-6-15)9-11-26-12-10-23)14-18-20(25)27-21(28-22(18)29)16-3-2-4-17(24)13-16/h2-5,13-14,26H,6-12H2,1H3,(H2,25,27,28). The highest BCUT2D eigenvalue weighted by molar-refractivity contribution is 5.91. The van der Waals surface area contributed by atoms with E-state index in [0.717, 1.165) is 42.7 Å². The Kier molecular flexibility index (Phi) is 4.39. The molecule has 1 aromatic carbocycles. The molecule has 2 aliphatic rings. The quantitative estimate of drug-likeness (QED) is 0.684. The minimum atomic E-state index is -0.309.